The lowest BCUT2D eigenvalue weighted by molar-refractivity contribution is -0.910. The number of ether oxygens (including phenoxy) is 1. The largest absolute Gasteiger partial charge is 0.491 e. The third-order valence-corrected chi connectivity index (χ3v) is 5.11. The highest BCUT2D eigenvalue weighted by Gasteiger charge is 2.35. The second kappa shape index (κ2) is 5.83. The molecular weight excluding hydrogens is 330 g/mol. The number of benzene rings is 1. The van der Waals surface area contributed by atoms with Gasteiger partial charge in [0.25, 0.3) is 0 Å². The first kappa shape index (κ1) is 15.4. The van der Waals surface area contributed by atoms with Crippen LogP contribution in [0.4, 0.5) is 11.4 Å². The first-order chi connectivity index (χ1) is 12.7. The molecule has 2 fully saturated rings. The number of nitrogens with one attached hydrogen (secondary N) is 1. The number of hydrogen-bond acceptors (Lipinski definition) is 4. The summed E-state index contributed by atoms with van der Waals surface area (Å²) in [6.45, 7) is 0.655. The van der Waals surface area contributed by atoms with E-state index in [-0.39, 0.29) is 11.6 Å². The van der Waals surface area contributed by atoms with E-state index in [1.54, 1.807) is 12.3 Å². The minimum absolute atomic E-state index is 0.221. The number of aliphatic imine (C=N–C) groups is 1. The van der Waals surface area contributed by atoms with Gasteiger partial charge in [0.1, 0.15) is 5.75 Å². The Labute approximate surface area is 151 Å². The Morgan fingerprint density at radius 1 is 1.27 bits per heavy atom. The second-order valence-electron chi connectivity index (χ2n) is 7.30. The van der Waals surface area contributed by atoms with Crippen molar-refractivity contribution < 1.29 is 19.5 Å². The first-order valence-corrected chi connectivity index (χ1v) is 9.09. The third-order valence-electron chi connectivity index (χ3n) is 5.11. The Morgan fingerprint density at radius 3 is 2.81 bits per heavy atom. The molecule has 1 aliphatic heterocycles. The minimum Gasteiger partial charge on any atom is -0.491 e. The number of anilines is 1. The highest BCUT2D eigenvalue weighted by molar-refractivity contribution is 6.05. The lowest BCUT2D eigenvalue weighted by Crippen LogP contribution is -2.43. The van der Waals surface area contributed by atoms with Crippen LogP contribution in [0.25, 0.3) is 0 Å². The third kappa shape index (κ3) is 2.81. The number of amides is 1. The predicted molar refractivity (Wildman–Crippen MR) is 95.7 cm³/mol. The molecule has 0 saturated heterocycles. The van der Waals surface area contributed by atoms with E-state index in [0.717, 1.165) is 34.5 Å². The molecule has 3 aliphatic rings. The molecule has 2 aromatic rings. The van der Waals surface area contributed by atoms with Crippen molar-refractivity contribution in [1.29, 1.82) is 0 Å². The molecule has 2 heterocycles. The molecule has 2 N–H and O–H groups in total. The predicted octanol–water partition coefficient (Wildman–Crippen LogP) is 3.19. The number of pyridine rings is 1. The van der Waals surface area contributed by atoms with Gasteiger partial charge in [0.15, 0.2) is 0 Å². The topological polar surface area (TPSA) is 74.8 Å². The summed E-state index contributed by atoms with van der Waals surface area (Å²) in [5.74, 6) is 1.23. The molecule has 5 rings (SSSR count). The molecule has 0 spiro atoms. The van der Waals surface area contributed by atoms with Crippen LogP contribution in [0.15, 0.2) is 35.3 Å². The molecule has 0 atom stereocenters. The molecule has 1 amide bonds. The van der Waals surface area contributed by atoms with E-state index < -0.39 is 0 Å². The van der Waals surface area contributed by atoms with E-state index >= 15 is 0 Å². The van der Waals surface area contributed by atoms with Gasteiger partial charge in [-0.05, 0) is 43.7 Å². The van der Waals surface area contributed by atoms with Crippen LogP contribution in [0.3, 0.4) is 0 Å². The summed E-state index contributed by atoms with van der Waals surface area (Å²) in [4.78, 5) is 17.0. The van der Waals surface area contributed by atoms with Gasteiger partial charge in [-0.15, -0.1) is 0 Å². The van der Waals surface area contributed by atoms with E-state index in [1.807, 2.05) is 24.3 Å². The minimum atomic E-state index is -0.359. The van der Waals surface area contributed by atoms with Crippen LogP contribution in [0.5, 0.6) is 5.75 Å². The maximum absolute atomic E-state index is 12.8. The number of nitrogens with zero attached hydrogens (tertiary/aromatic N) is 2. The summed E-state index contributed by atoms with van der Waals surface area (Å²) >= 11 is 0. The second-order valence-corrected chi connectivity index (χ2v) is 7.30. The molecular formula is C20H20N3O3+. The number of carbonyl (C=O) groups excluding carboxylic acids is 1. The Balaban J connectivity index is 1.41. The number of fused-ring (bicyclic) bond motifs is 1. The lowest BCUT2D eigenvalue weighted by Gasteiger charge is -2.17. The van der Waals surface area contributed by atoms with Crippen LogP contribution in [0.1, 0.15) is 53.3 Å². The molecule has 1 aromatic heterocycles. The highest BCUT2D eigenvalue weighted by atomic mass is 16.5. The molecule has 0 radical (unpaired) electrons. The molecule has 2 saturated carbocycles. The fourth-order valence-corrected chi connectivity index (χ4v) is 3.15. The zero-order valence-electron chi connectivity index (χ0n) is 14.3. The van der Waals surface area contributed by atoms with Gasteiger partial charge < -0.3 is 10.1 Å². The summed E-state index contributed by atoms with van der Waals surface area (Å²) in [5.41, 5.74) is 3.47. The van der Waals surface area contributed by atoms with E-state index in [1.165, 1.54) is 12.8 Å². The van der Waals surface area contributed by atoms with E-state index in [2.05, 4.69) is 10.3 Å². The summed E-state index contributed by atoms with van der Waals surface area (Å²) in [6.07, 6.45) is 6.26. The van der Waals surface area contributed by atoms with Gasteiger partial charge in [-0.3, -0.25) is 15.0 Å². The van der Waals surface area contributed by atoms with Gasteiger partial charge >= 0.3 is 11.6 Å². The van der Waals surface area contributed by atoms with Crippen molar-refractivity contribution in [3.63, 3.8) is 0 Å². The fraction of sp³-hybridized carbons (Fsp3) is 0.350. The average Bonchev–Trinajstić information content (AvgIpc) is 3.50. The number of aromatic nitrogens is 1. The van der Waals surface area contributed by atoms with Crippen LogP contribution < -0.4 is 14.8 Å². The van der Waals surface area contributed by atoms with Crippen LogP contribution in [-0.2, 0) is 0 Å². The number of carbonyl (C=O) groups is 1. The van der Waals surface area contributed by atoms with Crippen LogP contribution >= 0.6 is 0 Å². The van der Waals surface area contributed by atoms with Gasteiger partial charge in [0.2, 0.25) is 5.69 Å². The van der Waals surface area contributed by atoms with Crippen molar-refractivity contribution in [2.45, 2.75) is 31.6 Å². The average molecular weight is 350 g/mol. The molecule has 1 aromatic carbocycles. The molecule has 0 bridgehead atoms. The lowest BCUT2D eigenvalue weighted by atomic mass is 10.1. The van der Waals surface area contributed by atoms with Crippen LogP contribution in [0, 0.1) is 5.92 Å². The first-order valence-electron chi connectivity index (χ1n) is 9.09. The molecule has 6 nitrogen and oxygen atoms in total. The number of hydrogen-bond donors (Lipinski definition) is 2. The van der Waals surface area contributed by atoms with Crippen molar-refractivity contribution in [2.75, 3.05) is 11.9 Å². The summed E-state index contributed by atoms with van der Waals surface area (Å²) in [7, 11) is 0. The summed E-state index contributed by atoms with van der Waals surface area (Å²) in [6, 6.07) is 9.02. The molecule has 2 aliphatic carbocycles. The zero-order chi connectivity index (χ0) is 17.7. The van der Waals surface area contributed by atoms with Crippen LogP contribution in [0.2, 0.25) is 0 Å². The van der Waals surface area contributed by atoms with Crippen molar-refractivity contribution >= 4 is 23.5 Å². The summed E-state index contributed by atoms with van der Waals surface area (Å²) in [5, 5.41) is 13.3. The number of rotatable bonds is 6. The standard InChI is InChI=1S/C20H19N3O3/c24-20(18-3-1-2-17(23(18)25)13-6-7-13)22-16-8-14-10-21-15(14)9-19(16)26-11-12-4-5-12/h1-3,8-10,12-13H,4-7,11H2,(H-,22,24,25)/p+1. The highest BCUT2D eigenvalue weighted by Crippen LogP contribution is 2.39. The Hall–Kier alpha value is -2.89. The van der Waals surface area contributed by atoms with E-state index in [0.29, 0.717) is 29.9 Å². The SMILES string of the molecule is O=C(Nc1cc2c(cc1OCC1CC1)N=C2)c1cccc(C2CC2)[n+]1O. The molecule has 26 heavy (non-hydrogen) atoms. The van der Waals surface area contributed by atoms with Gasteiger partial charge in [-0.25, -0.2) is 0 Å². The fourth-order valence-electron chi connectivity index (χ4n) is 3.15. The quantitative estimate of drug-likeness (QED) is 0.530. The molecule has 0 unspecified atom stereocenters. The van der Waals surface area contributed by atoms with E-state index in [9.17, 15) is 10.0 Å². The Bertz CT molecular complexity index is 930. The monoisotopic (exact) mass is 350 g/mol. The van der Waals surface area contributed by atoms with Gasteiger partial charge in [-0.2, -0.15) is 0 Å². The zero-order valence-corrected chi connectivity index (χ0v) is 14.3. The maximum atomic E-state index is 12.8. The van der Waals surface area contributed by atoms with Crippen LogP contribution in [-0.4, -0.2) is 23.9 Å². The van der Waals surface area contributed by atoms with Gasteiger partial charge in [-0.1, -0.05) is 0 Å². The van der Waals surface area contributed by atoms with Gasteiger partial charge in [0.05, 0.1) is 18.0 Å². The Kier molecular flexibility index (Phi) is 3.45. The van der Waals surface area contributed by atoms with E-state index in [4.69, 9.17) is 4.74 Å². The smallest absolute Gasteiger partial charge is 0.325 e. The van der Waals surface area contributed by atoms with Gasteiger partial charge in [0, 0.05) is 40.6 Å². The van der Waals surface area contributed by atoms with Crippen molar-refractivity contribution in [2.24, 2.45) is 10.9 Å². The van der Waals surface area contributed by atoms with Crippen molar-refractivity contribution in [1.82, 2.24) is 0 Å². The normalized spacial score (nSPS) is 17.4. The molecule has 6 heteroatoms. The maximum Gasteiger partial charge on any atom is 0.325 e. The molecule has 132 valence electrons. The van der Waals surface area contributed by atoms with Crippen molar-refractivity contribution in [3.8, 4) is 5.75 Å². The Morgan fingerprint density at radius 2 is 2.12 bits per heavy atom. The summed E-state index contributed by atoms with van der Waals surface area (Å²) < 4.78 is 6.93. The van der Waals surface area contributed by atoms with Crippen molar-refractivity contribution in [3.05, 3.63) is 47.3 Å².